The van der Waals surface area contributed by atoms with E-state index in [1.807, 2.05) is 27.7 Å². The molecule has 2 heterocycles. The van der Waals surface area contributed by atoms with Gasteiger partial charge in [0.2, 0.25) is 0 Å². The molecule has 0 aliphatic carbocycles. The van der Waals surface area contributed by atoms with Gasteiger partial charge in [-0.05, 0) is 48.6 Å². The van der Waals surface area contributed by atoms with Crippen LogP contribution in [-0.2, 0) is 30.3 Å². The van der Waals surface area contributed by atoms with Crippen molar-refractivity contribution in [1.82, 2.24) is 4.98 Å². The van der Waals surface area contributed by atoms with E-state index in [9.17, 15) is 9.90 Å². The maximum atomic E-state index is 11.7. The van der Waals surface area contributed by atoms with E-state index in [1.165, 1.54) is 21.7 Å². The molecular formula is C34H42IrNO2S-. The Hall–Kier alpha value is -2.33. The second kappa shape index (κ2) is 14.9. The Balaban J connectivity index is 0.000000294. The van der Waals surface area contributed by atoms with E-state index >= 15 is 0 Å². The second-order valence-electron chi connectivity index (χ2n) is 10.9. The summed E-state index contributed by atoms with van der Waals surface area (Å²) < 4.78 is 1.23. The predicted molar refractivity (Wildman–Crippen MR) is 164 cm³/mol. The molecule has 0 fully saturated rings. The Bertz CT molecular complexity index is 1390. The zero-order valence-corrected chi connectivity index (χ0v) is 27.5. The molecule has 0 bridgehead atoms. The number of allylic oxidation sites excluding steroid dienone is 2. The summed E-state index contributed by atoms with van der Waals surface area (Å²) in [4.78, 5) is 16.5. The molecule has 0 saturated heterocycles. The Morgan fingerprint density at radius 2 is 1.62 bits per heavy atom. The van der Waals surface area contributed by atoms with Gasteiger partial charge in [-0.2, -0.15) is 0 Å². The number of ketones is 1. The van der Waals surface area contributed by atoms with E-state index in [1.54, 1.807) is 11.3 Å². The van der Waals surface area contributed by atoms with E-state index in [-0.39, 0.29) is 48.9 Å². The first-order valence-corrected chi connectivity index (χ1v) is 14.7. The first-order chi connectivity index (χ1) is 18.1. The summed E-state index contributed by atoms with van der Waals surface area (Å²) in [5, 5.41) is 14.3. The number of carbonyl (C=O) groups is 1. The smallest absolute Gasteiger partial charge is 0.162 e. The third-order valence-electron chi connectivity index (χ3n) is 7.25. The molecule has 0 amide bonds. The minimum Gasteiger partial charge on any atom is -0.512 e. The van der Waals surface area contributed by atoms with Gasteiger partial charge in [0.25, 0.3) is 0 Å². The number of nitrogens with zero attached hydrogens (tertiary/aromatic N) is 1. The van der Waals surface area contributed by atoms with Crippen LogP contribution in [0.1, 0.15) is 79.7 Å². The fraction of sp³-hybridized carbons (Fsp3) is 0.412. The van der Waals surface area contributed by atoms with Gasteiger partial charge in [-0.1, -0.05) is 83.7 Å². The number of thiophene rings is 1. The van der Waals surface area contributed by atoms with Crippen LogP contribution in [0.15, 0.2) is 65.7 Å². The van der Waals surface area contributed by atoms with E-state index < -0.39 is 0 Å². The number of benzene rings is 2. The molecule has 0 atom stereocenters. The minimum atomic E-state index is 0. The van der Waals surface area contributed by atoms with Crippen LogP contribution >= 0.6 is 11.3 Å². The number of aromatic nitrogens is 1. The Kier molecular flexibility index (Phi) is 12.5. The number of carbonyl (C=O) groups excluding carboxylic acids is 1. The van der Waals surface area contributed by atoms with Gasteiger partial charge in [0.1, 0.15) is 0 Å². The molecule has 0 aliphatic heterocycles. The molecule has 5 heteroatoms. The molecule has 0 unspecified atom stereocenters. The molecule has 0 spiro atoms. The summed E-state index contributed by atoms with van der Waals surface area (Å²) in [6.07, 6.45) is 4.91. The van der Waals surface area contributed by atoms with Crippen molar-refractivity contribution < 1.29 is 30.0 Å². The Morgan fingerprint density at radius 3 is 2.23 bits per heavy atom. The van der Waals surface area contributed by atoms with Crippen LogP contribution in [0.2, 0.25) is 0 Å². The number of hydrogen-bond donors (Lipinski definition) is 1. The summed E-state index contributed by atoms with van der Waals surface area (Å²) in [5.74, 6) is 0.547. The van der Waals surface area contributed by atoms with Gasteiger partial charge in [-0.25, -0.2) is 0 Å². The average Bonchev–Trinajstić information content (AvgIpc) is 3.37. The van der Waals surface area contributed by atoms with Gasteiger partial charge in [0.15, 0.2) is 5.78 Å². The number of rotatable bonds is 8. The summed E-state index contributed by atoms with van der Waals surface area (Å²) in [6, 6.07) is 20.6. The van der Waals surface area contributed by atoms with E-state index in [2.05, 4.69) is 80.7 Å². The van der Waals surface area contributed by atoms with Crippen LogP contribution < -0.4 is 0 Å². The maximum absolute atomic E-state index is 11.7. The monoisotopic (exact) mass is 721 g/mol. The van der Waals surface area contributed by atoms with Crippen LogP contribution in [0, 0.1) is 17.9 Å². The first kappa shape index (κ1) is 32.9. The largest absolute Gasteiger partial charge is 0.512 e. The van der Waals surface area contributed by atoms with Gasteiger partial charge >= 0.3 is 0 Å². The number of pyridine rings is 1. The van der Waals surface area contributed by atoms with Gasteiger partial charge < -0.3 is 5.11 Å². The van der Waals surface area contributed by atoms with Crippen molar-refractivity contribution in [2.75, 3.05) is 0 Å². The first-order valence-electron chi connectivity index (χ1n) is 13.9. The van der Waals surface area contributed by atoms with Gasteiger partial charge in [-0.3, -0.25) is 9.78 Å². The van der Waals surface area contributed by atoms with Crippen molar-refractivity contribution in [2.45, 2.75) is 79.6 Å². The van der Waals surface area contributed by atoms with Crippen molar-refractivity contribution >= 4 is 38.1 Å². The molecule has 211 valence electrons. The molecule has 2 aromatic heterocycles. The molecule has 0 aliphatic rings. The minimum absolute atomic E-state index is 0. The quantitative estimate of drug-likeness (QED) is 0.112. The SMILES string of the molecule is CC(C)(C)c1cc(-c2ccc3sccc3n2)[c-]c2ccccc12.CCC(CC)C(=O)/C=C(\O)C(CC)CC.[Ir]. The van der Waals surface area contributed by atoms with Crippen LogP contribution in [0.4, 0.5) is 0 Å². The van der Waals surface area contributed by atoms with Crippen molar-refractivity contribution in [1.29, 1.82) is 0 Å². The summed E-state index contributed by atoms with van der Waals surface area (Å²) >= 11 is 1.73. The van der Waals surface area contributed by atoms with Crippen molar-refractivity contribution in [3.05, 3.63) is 77.4 Å². The molecule has 4 rings (SSSR count). The van der Waals surface area contributed by atoms with Gasteiger partial charge in [-0.15, -0.1) is 40.5 Å². The molecule has 1 radical (unpaired) electrons. The van der Waals surface area contributed by atoms with Crippen LogP contribution in [-0.4, -0.2) is 15.9 Å². The third-order valence-corrected chi connectivity index (χ3v) is 8.12. The number of aliphatic hydroxyl groups excluding tert-OH is 1. The molecule has 1 N–H and O–H groups in total. The number of hydrogen-bond acceptors (Lipinski definition) is 4. The molecule has 2 aromatic carbocycles. The molecular weight excluding hydrogens is 679 g/mol. The fourth-order valence-corrected chi connectivity index (χ4v) is 5.50. The van der Waals surface area contributed by atoms with E-state index in [0.29, 0.717) is 0 Å². The van der Waals surface area contributed by atoms with Crippen molar-refractivity contribution in [3.63, 3.8) is 0 Å². The van der Waals surface area contributed by atoms with E-state index in [0.717, 1.165) is 47.8 Å². The molecule has 39 heavy (non-hydrogen) atoms. The third kappa shape index (κ3) is 8.33. The Labute approximate surface area is 252 Å². The number of aliphatic hydroxyl groups is 1. The summed E-state index contributed by atoms with van der Waals surface area (Å²) in [5.41, 5.74) is 4.55. The predicted octanol–water partition coefficient (Wildman–Crippen LogP) is 10.1. The zero-order chi connectivity index (χ0) is 27.9. The van der Waals surface area contributed by atoms with Crippen molar-refractivity contribution in [3.8, 4) is 11.3 Å². The van der Waals surface area contributed by atoms with Gasteiger partial charge in [0.05, 0.1) is 16.0 Å². The van der Waals surface area contributed by atoms with Crippen LogP contribution in [0.3, 0.4) is 0 Å². The number of fused-ring (bicyclic) bond motifs is 2. The second-order valence-corrected chi connectivity index (χ2v) is 11.8. The maximum Gasteiger partial charge on any atom is 0.162 e. The molecule has 0 saturated carbocycles. The normalized spacial score (nSPS) is 12.0. The van der Waals surface area contributed by atoms with E-state index in [4.69, 9.17) is 4.98 Å². The standard InChI is InChI=1S/C21H18NS.C13H24O2.Ir/c1-21(2,3)17-13-15(12-14-6-4-5-7-16(14)17)18-8-9-20-19(22-18)10-11-23-20;1-5-10(6-2)12(14)9-13(15)11(7-3)8-4;/h4-11,13H,1-3H3;9-11,14H,5-8H2,1-4H3;/q-1;;/b;12-9-;. The Morgan fingerprint density at radius 1 is 0.974 bits per heavy atom. The topological polar surface area (TPSA) is 50.2 Å². The van der Waals surface area contributed by atoms with Crippen molar-refractivity contribution in [2.24, 2.45) is 11.8 Å². The van der Waals surface area contributed by atoms with Crippen LogP contribution in [0.5, 0.6) is 0 Å². The van der Waals surface area contributed by atoms with Crippen LogP contribution in [0.25, 0.3) is 32.2 Å². The fourth-order valence-electron chi connectivity index (χ4n) is 4.77. The molecule has 4 aromatic rings. The molecule has 3 nitrogen and oxygen atoms in total. The zero-order valence-electron chi connectivity index (χ0n) is 24.3. The summed E-state index contributed by atoms with van der Waals surface area (Å²) in [7, 11) is 0. The summed E-state index contributed by atoms with van der Waals surface area (Å²) in [6.45, 7) is 14.8. The van der Waals surface area contributed by atoms with Gasteiger partial charge in [0, 0.05) is 43.7 Å². The average molecular weight is 721 g/mol.